The van der Waals surface area contributed by atoms with Crippen LogP contribution in [0.5, 0.6) is 5.75 Å². The summed E-state index contributed by atoms with van der Waals surface area (Å²) in [5, 5.41) is 2.71. The number of carbonyl (C=O) groups is 1. The van der Waals surface area contributed by atoms with Gasteiger partial charge in [-0.15, -0.1) is 0 Å². The number of oxazole rings is 1. The van der Waals surface area contributed by atoms with E-state index < -0.39 is 0 Å². The van der Waals surface area contributed by atoms with Crippen LogP contribution in [0.4, 0.5) is 6.01 Å². The van der Waals surface area contributed by atoms with Gasteiger partial charge in [-0.1, -0.05) is 0 Å². The number of hydrogen-bond donors (Lipinski definition) is 1. The van der Waals surface area contributed by atoms with Crippen LogP contribution < -0.4 is 10.1 Å². The topological polar surface area (TPSA) is 86.5 Å². The van der Waals surface area contributed by atoms with Crippen LogP contribution in [0.1, 0.15) is 34.7 Å². The summed E-state index contributed by atoms with van der Waals surface area (Å²) in [7, 11) is 1.58. The number of ether oxygens (including phenoxy) is 2. The molecule has 0 unspecified atom stereocenters. The Labute approximate surface area is 164 Å². The largest absolute Gasteiger partial charge is 0.493 e. The van der Waals surface area contributed by atoms with E-state index in [4.69, 9.17) is 13.9 Å². The van der Waals surface area contributed by atoms with Crippen LogP contribution in [0, 0.1) is 0 Å². The molecule has 4 rings (SSSR count). The van der Waals surface area contributed by atoms with Gasteiger partial charge in [0.15, 0.2) is 16.8 Å². The van der Waals surface area contributed by atoms with Crippen molar-refractivity contribution in [3.8, 4) is 5.75 Å². The van der Waals surface area contributed by atoms with Crippen molar-refractivity contribution in [3.05, 3.63) is 46.2 Å². The monoisotopic (exact) mass is 431 g/mol. The third kappa shape index (κ3) is 3.54. The summed E-state index contributed by atoms with van der Waals surface area (Å²) in [5.74, 6) is 0.573. The first kappa shape index (κ1) is 17.9. The van der Waals surface area contributed by atoms with Crippen molar-refractivity contribution in [2.75, 3.05) is 25.6 Å². The first-order chi connectivity index (χ1) is 13.2. The number of hydrogen-bond acceptors (Lipinski definition) is 6. The Hall–Kier alpha value is -2.45. The highest BCUT2D eigenvalue weighted by Crippen LogP contribution is 2.42. The van der Waals surface area contributed by atoms with E-state index in [1.165, 1.54) is 0 Å². The van der Waals surface area contributed by atoms with Gasteiger partial charge in [-0.05, 0) is 52.9 Å². The number of methoxy groups -OCH3 is 1. The molecule has 0 saturated carbocycles. The minimum Gasteiger partial charge on any atom is -0.493 e. The SMILES string of the molecule is COc1c(Br)cc(C2CCOCC2)c2oc(NC(=O)c3ccncc3)nc12. The molecule has 1 aromatic carbocycles. The van der Waals surface area contributed by atoms with Gasteiger partial charge in [-0.2, -0.15) is 4.98 Å². The molecular formula is C19H18BrN3O4. The average Bonchev–Trinajstić information content (AvgIpc) is 3.12. The van der Waals surface area contributed by atoms with Crippen LogP contribution in [0.25, 0.3) is 11.1 Å². The molecule has 1 fully saturated rings. The second-order valence-electron chi connectivity index (χ2n) is 6.25. The van der Waals surface area contributed by atoms with E-state index >= 15 is 0 Å². The van der Waals surface area contributed by atoms with E-state index in [-0.39, 0.29) is 11.9 Å². The molecule has 3 heterocycles. The molecule has 1 N–H and O–H groups in total. The summed E-state index contributed by atoms with van der Waals surface area (Å²) >= 11 is 3.56. The first-order valence-electron chi connectivity index (χ1n) is 8.63. The van der Waals surface area contributed by atoms with E-state index in [9.17, 15) is 4.79 Å². The number of benzene rings is 1. The quantitative estimate of drug-likeness (QED) is 0.667. The molecule has 1 amide bonds. The normalized spacial score (nSPS) is 15.0. The van der Waals surface area contributed by atoms with Gasteiger partial charge in [-0.25, -0.2) is 0 Å². The van der Waals surface area contributed by atoms with Crippen LogP contribution in [0.15, 0.2) is 39.5 Å². The number of carbonyl (C=O) groups excluding carboxylic acids is 1. The fourth-order valence-electron chi connectivity index (χ4n) is 3.28. The number of rotatable bonds is 4. The lowest BCUT2D eigenvalue weighted by molar-refractivity contribution is 0.0854. The zero-order chi connectivity index (χ0) is 18.8. The van der Waals surface area contributed by atoms with Crippen molar-refractivity contribution >= 4 is 39.0 Å². The Kier molecular flexibility index (Phi) is 5.09. The molecule has 0 bridgehead atoms. The van der Waals surface area contributed by atoms with E-state index in [2.05, 4.69) is 31.2 Å². The summed E-state index contributed by atoms with van der Waals surface area (Å²) in [5.41, 5.74) is 2.73. The second kappa shape index (κ2) is 7.66. The molecule has 0 spiro atoms. The van der Waals surface area contributed by atoms with Crippen LogP contribution in [0.3, 0.4) is 0 Å². The highest BCUT2D eigenvalue weighted by atomic mass is 79.9. The van der Waals surface area contributed by atoms with E-state index in [1.54, 1.807) is 31.6 Å². The predicted octanol–water partition coefficient (Wildman–Crippen LogP) is 4.14. The molecule has 3 aromatic rings. The Morgan fingerprint density at radius 2 is 2.04 bits per heavy atom. The zero-order valence-corrected chi connectivity index (χ0v) is 16.3. The highest BCUT2D eigenvalue weighted by Gasteiger charge is 2.25. The summed E-state index contributed by atoms with van der Waals surface area (Å²) in [6.45, 7) is 1.44. The number of halogens is 1. The van der Waals surface area contributed by atoms with Gasteiger partial charge in [-0.3, -0.25) is 15.1 Å². The molecule has 1 aliphatic heterocycles. The number of nitrogens with zero attached hydrogens (tertiary/aromatic N) is 2. The van der Waals surface area contributed by atoms with Gasteiger partial charge in [0.25, 0.3) is 5.91 Å². The highest BCUT2D eigenvalue weighted by molar-refractivity contribution is 9.10. The maximum Gasteiger partial charge on any atom is 0.302 e. The molecule has 0 atom stereocenters. The molecule has 140 valence electrons. The number of aromatic nitrogens is 2. The van der Waals surface area contributed by atoms with E-state index in [1.807, 2.05) is 6.07 Å². The number of nitrogens with one attached hydrogen (secondary N) is 1. The zero-order valence-electron chi connectivity index (χ0n) is 14.7. The summed E-state index contributed by atoms with van der Waals surface area (Å²) < 4.78 is 17.7. The van der Waals surface area contributed by atoms with Gasteiger partial charge in [0.2, 0.25) is 0 Å². The molecule has 1 saturated heterocycles. The third-order valence-electron chi connectivity index (χ3n) is 4.63. The van der Waals surface area contributed by atoms with Gasteiger partial charge in [0.1, 0.15) is 0 Å². The average molecular weight is 432 g/mol. The number of pyridine rings is 1. The Morgan fingerprint density at radius 3 is 2.74 bits per heavy atom. The Bertz CT molecular complexity index is 968. The smallest absolute Gasteiger partial charge is 0.302 e. The summed E-state index contributed by atoms with van der Waals surface area (Å²) in [6, 6.07) is 5.40. The van der Waals surface area contributed by atoms with Crippen molar-refractivity contribution in [2.24, 2.45) is 0 Å². The lowest BCUT2D eigenvalue weighted by Gasteiger charge is -2.22. The summed E-state index contributed by atoms with van der Waals surface area (Å²) in [4.78, 5) is 20.8. The summed E-state index contributed by atoms with van der Waals surface area (Å²) in [6.07, 6.45) is 4.94. The van der Waals surface area contributed by atoms with Gasteiger partial charge in [0, 0.05) is 36.7 Å². The van der Waals surface area contributed by atoms with Gasteiger partial charge in [0.05, 0.1) is 11.6 Å². The van der Waals surface area contributed by atoms with Gasteiger partial charge >= 0.3 is 6.01 Å². The lowest BCUT2D eigenvalue weighted by Crippen LogP contribution is -2.14. The molecule has 7 nitrogen and oxygen atoms in total. The van der Waals surface area contributed by atoms with Crippen molar-refractivity contribution < 1.29 is 18.7 Å². The predicted molar refractivity (Wildman–Crippen MR) is 103 cm³/mol. The molecule has 2 aromatic heterocycles. The molecular weight excluding hydrogens is 414 g/mol. The maximum atomic E-state index is 12.4. The van der Waals surface area contributed by atoms with Gasteiger partial charge < -0.3 is 13.9 Å². The molecule has 1 aliphatic rings. The maximum absolute atomic E-state index is 12.4. The minimum absolute atomic E-state index is 0.136. The standard InChI is InChI=1S/C19H18BrN3O4/c1-25-17-14(20)10-13(11-4-8-26-9-5-11)16-15(17)22-19(27-16)23-18(24)12-2-6-21-7-3-12/h2-3,6-7,10-11H,4-5,8-9H2,1H3,(H,22,23,24). The Morgan fingerprint density at radius 1 is 1.30 bits per heavy atom. The third-order valence-corrected chi connectivity index (χ3v) is 5.22. The lowest BCUT2D eigenvalue weighted by atomic mass is 9.91. The van der Waals surface area contributed by atoms with E-state index in [0.717, 1.165) is 36.1 Å². The van der Waals surface area contributed by atoms with Crippen molar-refractivity contribution in [1.82, 2.24) is 9.97 Å². The van der Waals surface area contributed by atoms with Crippen molar-refractivity contribution in [1.29, 1.82) is 0 Å². The van der Waals surface area contributed by atoms with Crippen LogP contribution >= 0.6 is 15.9 Å². The van der Waals surface area contributed by atoms with E-state index in [0.29, 0.717) is 28.3 Å². The van der Waals surface area contributed by atoms with Crippen LogP contribution in [-0.2, 0) is 4.74 Å². The second-order valence-corrected chi connectivity index (χ2v) is 7.11. The molecule has 0 aliphatic carbocycles. The first-order valence-corrected chi connectivity index (χ1v) is 9.42. The molecule has 0 radical (unpaired) electrons. The van der Waals surface area contributed by atoms with Crippen molar-refractivity contribution in [3.63, 3.8) is 0 Å². The molecule has 27 heavy (non-hydrogen) atoms. The number of fused-ring (bicyclic) bond motifs is 1. The number of amides is 1. The fourth-order valence-corrected chi connectivity index (χ4v) is 3.88. The Balaban J connectivity index is 1.74. The van der Waals surface area contributed by atoms with Crippen LogP contribution in [0.2, 0.25) is 0 Å². The molecule has 8 heteroatoms. The fraction of sp³-hybridized carbons (Fsp3) is 0.316. The number of anilines is 1. The minimum atomic E-state index is -0.311. The van der Waals surface area contributed by atoms with Crippen molar-refractivity contribution in [2.45, 2.75) is 18.8 Å². The van der Waals surface area contributed by atoms with Crippen LogP contribution in [-0.4, -0.2) is 36.2 Å².